The molecule has 0 saturated heterocycles. The van der Waals surface area contributed by atoms with Crippen LogP contribution in [-0.4, -0.2) is 27.6 Å². The summed E-state index contributed by atoms with van der Waals surface area (Å²) in [5.41, 5.74) is 0.514. The first kappa shape index (κ1) is 16.1. The number of aliphatic hydroxyl groups is 1. The maximum atomic E-state index is 12.9. The van der Waals surface area contributed by atoms with Crippen LogP contribution in [0.25, 0.3) is 10.9 Å². The molecule has 0 aliphatic heterocycles. The standard InChI is InChI=1S/C14H13N3O6S/c1-8-14(9(2)23-15-8)24(21,22)16-6-10(7-18)12-5-11(17(19)20)3-4-13(12)16/h3-6,18H,7H2,1-2H3. The molecular formula is C14H13N3O6S. The van der Waals surface area contributed by atoms with Gasteiger partial charge in [-0.3, -0.25) is 10.1 Å². The lowest BCUT2D eigenvalue weighted by atomic mass is 10.1. The molecule has 0 bridgehead atoms. The van der Waals surface area contributed by atoms with Gasteiger partial charge in [-0.05, 0) is 19.9 Å². The summed E-state index contributed by atoms with van der Waals surface area (Å²) in [6.07, 6.45) is 1.25. The van der Waals surface area contributed by atoms with Crippen LogP contribution >= 0.6 is 0 Å². The van der Waals surface area contributed by atoms with Crippen molar-refractivity contribution in [2.45, 2.75) is 25.3 Å². The zero-order valence-corrected chi connectivity index (χ0v) is 13.6. The number of nitro benzene ring substituents is 1. The average Bonchev–Trinajstić information content (AvgIpc) is 3.07. The van der Waals surface area contributed by atoms with Crippen LogP contribution < -0.4 is 0 Å². The number of hydrogen-bond donors (Lipinski definition) is 1. The molecule has 1 aromatic carbocycles. The second-order valence-corrected chi connectivity index (χ2v) is 6.98. The summed E-state index contributed by atoms with van der Waals surface area (Å²) in [6, 6.07) is 3.78. The molecule has 0 atom stereocenters. The molecule has 0 aliphatic carbocycles. The van der Waals surface area contributed by atoms with Gasteiger partial charge in [0.25, 0.3) is 15.7 Å². The number of non-ortho nitro benzene ring substituents is 1. The number of nitro groups is 1. The van der Waals surface area contributed by atoms with Crippen molar-refractivity contribution >= 4 is 26.6 Å². The molecule has 0 radical (unpaired) electrons. The number of rotatable bonds is 4. The van der Waals surface area contributed by atoms with E-state index in [-0.39, 0.29) is 33.1 Å². The second kappa shape index (κ2) is 5.42. The normalized spacial score (nSPS) is 12.0. The van der Waals surface area contributed by atoms with Crippen LogP contribution in [0.15, 0.2) is 33.8 Å². The summed E-state index contributed by atoms with van der Waals surface area (Å²) >= 11 is 0. The lowest BCUT2D eigenvalue weighted by Gasteiger charge is -2.06. The highest BCUT2D eigenvalue weighted by molar-refractivity contribution is 7.90. The third-order valence-corrected chi connectivity index (χ3v) is 5.62. The molecule has 9 nitrogen and oxygen atoms in total. The van der Waals surface area contributed by atoms with E-state index in [1.165, 1.54) is 38.2 Å². The van der Waals surface area contributed by atoms with Gasteiger partial charge in [-0.2, -0.15) is 0 Å². The summed E-state index contributed by atoms with van der Waals surface area (Å²) in [6.45, 7) is 2.53. The van der Waals surface area contributed by atoms with Crippen LogP contribution in [0.2, 0.25) is 0 Å². The van der Waals surface area contributed by atoms with E-state index >= 15 is 0 Å². The maximum absolute atomic E-state index is 12.9. The van der Waals surface area contributed by atoms with Gasteiger partial charge in [0.05, 0.1) is 17.0 Å². The van der Waals surface area contributed by atoms with Crippen molar-refractivity contribution < 1.29 is 23.0 Å². The number of benzene rings is 1. The number of hydrogen-bond acceptors (Lipinski definition) is 7. The van der Waals surface area contributed by atoms with Crippen LogP contribution in [0.4, 0.5) is 5.69 Å². The van der Waals surface area contributed by atoms with E-state index in [0.29, 0.717) is 5.39 Å². The molecule has 2 heterocycles. The predicted octanol–water partition coefficient (Wildman–Crippen LogP) is 1.88. The van der Waals surface area contributed by atoms with Gasteiger partial charge in [-0.1, -0.05) is 5.16 Å². The van der Waals surface area contributed by atoms with E-state index in [4.69, 9.17) is 4.52 Å². The van der Waals surface area contributed by atoms with Crippen LogP contribution in [0.3, 0.4) is 0 Å². The number of aliphatic hydroxyl groups excluding tert-OH is 1. The Morgan fingerprint density at radius 1 is 1.38 bits per heavy atom. The fourth-order valence-corrected chi connectivity index (χ4v) is 4.33. The fourth-order valence-electron chi connectivity index (χ4n) is 2.63. The molecule has 0 saturated carbocycles. The molecule has 0 amide bonds. The zero-order valence-electron chi connectivity index (χ0n) is 12.8. The first-order valence-electron chi connectivity index (χ1n) is 6.85. The van der Waals surface area contributed by atoms with Crippen LogP contribution in [0, 0.1) is 24.0 Å². The smallest absolute Gasteiger partial charge is 0.273 e. The van der Waals surface area contributed by atoms with E-state index in [9.17, 15) is 23.6 Å². The Balaban J connectivity index is 2.33. The number of fused-ring (bicyclic) bond motifs is 1. The molecule has 0 fully saturated rings. The SMILES string of the molecule is Cc1noc(C)c1S(=O)(=O)n1cc(CO)c2cc([N+](=O)[O-])ccc21. The van der Waals surface area contributed by atoms with Crippen LogP contribution in [0.1, 0.15) is 17.0 Å². The van der Waals surface area contributed by atoms with Gasteiger partial charge >= 0.3 is 0 Å². The Morgan fingerprint density at radius 3 is 2.62 bits per heavy atom. The topological polar surface area (TPSA) is 128 Å². The van der Waals surface area contributed by atoms with Crippen molar-refractivity contribution in [1.82, 2.24) is 9.13 Å². The van der Waals surface area contributed by atoms with Gasteiger partial charge in [0.15, 0.2) is 10.7 Å². The summed E-state index contributed by atoms with van der Waals surface area (Å²) in [5.74, 6) is 0.141. The third-order valence-electron chi connectivity index (χ3n) is 3.70. The van der Waals surface area contributed by atoms with E-state index in [1.54, 1.807) is 0 Å². The Morgan fingerprint density at radius 2 is 2.08 bits per heavy atom. The Kier molecular flexibility index (Phi) is 3.65. The predicted molar refractivity (Wildman–Crippen MR) is 83.1 cm³/mol. The zero-order chi connectivity index (χ0) is 17.6. The first-order chi connectivity index (χ1) is 11.3. The highest BCUT2D eigenvalue weighted by Gasteiger charge is 2.28. The molecule has 24 heavy (non-hydrogen) atoms. The summed E-state index contributed by atoms with van der Waals surface area (Å²) in [5, 5.41) is 24.3. The lowest BCUT2D eigenvalue weighted by molar-refractivity contribution is -0.384. The van der Waals surface area contributed by atoms with Gasteiger partial charge in [-0.25, -0.2) is 12.4 Å². The van der Waals surface area contributed by atoms with E-state index < -0.39 is 21.6 Å². The first-order valence-corrected chi connectivity index (χ1v) is 8.29. The quantitative estimate of drug-likeness (QED) is 0.561. The molecular weight excluding hydrogens is 338 g/mol. The number of aryl methyl sites for hydroxylation is 2. The van der Waals surface area contributed by atoms with Gasteiger partial charge in [0.2, 0.25) is 0 Å². The molecule has 1 N–H and O–H groups in total. The van der Waals surface area contributed by atoms with Gasteiger partial charge < -0.3 is 9.63 Å². The Hall–Kier alpha value is -2.72. The Bertz CT molecular complexity index is 1040. The van der Waals surface area contributed by atoms with E-state index in [1.807, 2.05) is 0 Å². The van der Waals surface area contributed by atoms with Crippen molar-refractivity contribution in [3.63, 3.8) is 0 Å². The number of aromatic nitrogens is 2. The minimum Gasteiger partial charge on any atom is -0.392 e. The fraction of sp³-hybridized carbons (Fsp3) is 0.214. The largest absolute Gasteiger partial charge is 0.392 e. The summed E-state index contributed by atoms with van der Waals surface area (Å²) in [4.78, 5) is 10.3. The molecule has 0 unspecified atom stereocenters. The molecule has 3 aromatic rings. The highest BCUT2D eigenvalue weighted by atomic mass is 32.2. The maximum Gasteiger partial charge on any atom is 0.273 e. The minimum atomic E-state index is -4.03. The van der Waals surface area contributed by atoms with Gasteiger partial charge in [-0.15, -0.1) is 0 Å². The van der Waals surface area contributed by atoms with Crippen LogP contribution in [-0.2, 0) is 16.6 Å². The number of nitrogens with zero attached hydrogens (tertiary/aromatic N) is 3. The molecule has 0 aliphatic rings. The molecule has 3 rings (SSSR count). The van der Waals surface area contributed by atoms with Gasteiger partial charge in [0, 0.05) is 29.3 Å². The average molecular weight is 351 g/mol. The Labute approximate surface area is 136 Å². The van der Waals surface area contributed by atoms with E-state index in [0.717, 1.165) is 3.97 Å². The monoisotopic (exact) mass is 351 g/mol. The molecule has 0 spiro atoms. The molecule has 2 aromatic heterocycles. The summed E-state index contributed by atoms with van der Waals surface area (Å²) in [7, 11) is -4.03. The lowest BCUT2D eigenvalue weighted by Crippen LogP contribution is -2.13. The van der Waals surface area contributed by atoms with Crippen molar-refractivity contribution in [3.05, 3.63) is 51.5 Å². The minimum absolute atomic E-state index is 0.0674. The van der Waals surface area contributed by atoms with Crippen molar-refractivity contribution in [1.29, 1.82) is 0 Å². The van der Waals surface area contributed by atoms with Crippen molar-refractivity contribution in [2.75, 3.05) is 0 Å². The van der Waals surface area contributed by atoms with Crippen molar-refractivity contribution in [3.8, 4) is 0 Å². The third kappa shape index (κ3) is 2.27. The molecule has 10 heteroatoms. The molecule has 126 valence electrons. The van der Waals surface area contributed by atoms with E-state index in [2.05, 4.69) is 5.16 Å². The summed E-state index contributed by atoms with van der Waals surface area (Å²) < 4.78 is 31.8. The van der Waals surface area contributed by atoms with Crippen LogP contribution in [0.5, 0.6) is 0 Å². The van der Waals surface area contributed by atoms with Gasteiger partial charge in [0.1, 0.15) is 5.69 Å². The highest BCUT2D eigenvalue weighted by Crippen LogP contribution is 2.31. The van der Waals surface area contributed by atoms with Crippen molar-refractivity contribution in [2.24, 2.45) is 0 Å². The second-order valence-electron chi connectivity index (χ2n) is 5.23.